The second-order valence-electron chi connectivity index (χ2n) is 15.7. The standard InChI is InChI=1S/C56H46N2/c1-41-17-8-11-25-50(41)51-26-12-9-18-44(51)36-38-57(56-37-15-14-21-46(56)40-56)47-33-30-43(31-34-47)42-20-16-24-49(35-32-42)58(48-22-4-2-5-23-48)55-39-45-19-10-13-27-52(45)53-28-6-3-7-29-54(53)55/h2-15,17-27,29-37,39,46H,1,16,28,38,40H2/b44-36-,51-50-. The van der Waals surface area contributed by atoms with Gasteiger partial charge in [0, 0.05) is 35.1 Å². The molecule has 6 aromatic rings. The molecule has 0 heterocycles. The third-order valence-electron chi connectivity index (χ3n) is 12.3. The minimum atomic E-state index is -0.000635. The van der Waals surface area contributed by atoms with E-state index >= 15 is 0 Å². The molecule has 2 unspecified atom stereocenters. The van der Waals surface area contributed by atoms with E-state index in [0.717, 1.165) is 42.4 Å². The molecule has 0 aromatic heterocycles. The minimum absolute atomic E-state index is 0.000635. The van der Waals surface area contributed by atoms with Gasteiger partial charge in [0.05, 0.1) is 11.2 Å². The Balaban J connectivity index is 0.985. The van der Waals surface area contributed by atoms with Crippen molar-refractivity contribution in [3.8, 4) is 0 Å². The summed E-state index contributed by atoms with van der Waals surface area (Å²) in [7, 11) is 0. The molecule has 280 valence electrons. The SMILES string of the molecule is C=c1cccc/c1=c1\cccc\c1=C\CN(c1ccc(C2=CCC=C(N(c3ccccc3)c3cc4ccccc4c4c3C=CC=CC4)C=C2)cc1)C12C=CC=CC1C2. The zero-order valence-electron chi connectivity index (χ0n) is 32.7. The zero-order chi connectivity index (χ0) is 38.9. The summed E-state index contributed by atoms with van der Waals surface area (Å²) < 4.78 is 0. The summed E-state index contributed by atoms with van der Waals surface area (Å²) in [5.74, 6) is 0.523. The first-order valence-corrected chi connectivity index (χ1v) is 20.6. The van der Waals surface area contributed by atoms with Crippen molar-refractivity contribution >= 4 is 52.1 Å². The Bertz CT molecular complexity index is 2980. The minimum Gasteiger partial charge on any atom is -0.358 e. The van der Waals surface area contributed by atoms with E-state index in [4.69, 9.17) is 0 Å². The Kier molecular flexibility index (Phi) is 9.31. The first-order chi connectivity index (χ1) is 28.7. The van der Waals surface area contributed by atoms with Gasteiger partial charge in [-0.05, 0) is 104 Å². The van der Waals surface area contributed by atoms with Crippen LogP contribution >= 0.6 is 0 Å². The molecule has 2 heteroatoms. The first-order valence-electron chi connectivity index (χ1n) is 20.6. The third kappa shape index (κ3) is 6.61. The summed E-state index contributed by atoms with van der Waals surface area (Å²) in [4.78, 5) is 5.05. The molecule has 0 radical (unpaired) electrons. The van der Waals surface area contributed by atoms with Gasteiger partial charge in [-0.2, -0.15) is 0 Å². The van der Waals surface area contributed by atoms with Gasteiger partial charge < -0.3 is 9.80 Å². The quantitative estimate of drug-likeness (QED) is 0.153. The van der Waals surface area contributed by atoms with Gasteiger partial charge >= 0.3 is 0 Å². The lowest BCUT2D eigenvalue weighted by Gasteiger charge is -2.33. The highest BCUT2D eigenvalue weighted by atomic mass is 15.2. The fraction of sp³-hybridized carbons (Fsp3) is 0.107. The zero-order valence-corrected chi connectivity index (χ0v) is 32.7. The van der Waals surface area contributed by atoms with Crippen LogP contribution in [0.4, 0.5) is 17.1 Å². The highest BCUT2D eigenvalue weighted by Gasteiger charge is 2.55. The van der Waals surface area contributed by atoms with Crippen molar-refractivity contribution in [2.45, 2.75) is 24.8 Å². The maximum absolute atomic E-state index is 4.33. The number of benzene rings is 6. The molecule has 4 aliphatic carbocycles. The van der Waals surface area contributed by atoms with E-state index in [2.05, 4.69) is 229 Å². The van der Waals surface area contributed by atoms with E-state index in [0.29, 0.717) is 5.92 Å². The molecule has 2 nitrogen and oxygen atoms in total. The summed E-state index contributed by atoms with van der Waals surface area (Å²) in [6, 6.07) is 48.4. The highest BCUT2D eigenvalue weighted by molar-refractivity contribution is 5.97. The molecule has 0 saturated heterocycles. The molecule has 6 aromatic carbocycles. The Hall–Kier alpha value is -6.90. The molecule has 0 aliphatic heterocycles. The monoisotopic (exact) mass is 746 g/mol. The number of allylic oxidation sites excluding steroid dienone is 10. The molecule has 1 saturated carbocycles. The lowest BCUT2D eigenvalue weighted by molar-refractivity contribution is 0.698. The van der Waals surface area contributed by atoms with Crippen LogP contribution in [0.5, 0.6) is 0 Å². The number of hydrogen-bond acceptors (Lipinski definition) is 2. The maximum Gasteiger partial charge on any atom is 0.0661 e. The van der Waals surface area contributed by atoms with Crippen molar-refractivity contribution in [2.75, 3.05) is 16.3 Å². The highest BCUT2D eigenvalue weighted by Crippen LogP contribution is 2.53. The third-order valence-corrected chi connectivity index (χ3v) is 12.3. The number of anilines is 3. The van der Waals surface area contributed by atoms with E-state index in [1.54, 1.807) is 0 Å². The number of para-hydroxylation sites is 1. The summed E-state index contributed by atoms with van der Waals surface area (Å²) in [6.07, 6.45) is 32.7. The van der Waals surface area contributed by atoms with Crippen LogP contribution in [-0.4, -0.2) is 12.1 Å². The fourth-order valence-electron chi connectivity index (χ4n) is 9.21. The van der Waals surface area contributed by atoms with E-state index in [1.165, 1.54) is 60.1 Å². The van der Waals surface area contributed by atoms with Gasteiger partial charge in [-0.1, -0.05) is 183 Å². The smallest absolute Gasteiger partial charge is 0.0661 e. The molecule has 0 bridgehead atoms. The lowest BCUT2D eigenvalue weighted by Crippen LogP contribution is -2.38. The van der Waals surface area contributed by atoms with Crippen LogP contribution in [0.1, 0.15) is 29.5 Å². The average molecular weight is 747 g/mol. The Labute approximate surface area is 341 Å². The van der Waals surface area contributed by atoms with E-state index in [-0.39, 0.29) is 5.54 Å². The lowest BCUT2D eigenvalue weighted by atomic mass is 9.94. The molecule has 10 rings (SSSR count). The fourth-order valence-corrected chi connectivity index (χ4v) is 9.21. The summed E-state index contributed by atoms with van der Waals surface area (Å²) in [6.45, 7) is 5.14. The van der Waals surface area contributed by atoms with Crippen molar-refractivity contribution in [3.05, 3.63) is 244 Å². The second kappa shape index (κ2) is 15.2. The van der Waals surface area contributed by atoms with Gasteiger partial charge in [-0.25, -0.2) is 0 Å². The molecule has 0 amide bonds. The number of fused-ring (bicyclic) bond motifs is 4. The van der Waals surface area contributed by atoms with Crippen molar-refractivity contribution < 1.29 is 0 Å². The average Bonchev–Trinajstić information content (AvgIpc) is 4.09. The Morgan fingerprint density at radius 1 is 0.690 bits per heavy atom. The van der Waals surface area contributed by atoms with Crippen LogP contribution in [0.2, 0.25) is 0 Å². The van der Waals surface area contributed by atoms with Crippen LogP contribution in [0.15, 0.2) is 206 Å². The Morgan fingerprint density at radius 3 is 2.34 bits per heavy atom. The van der Waals surface area contributed by atoms with Gasteiger partial charge in [-0.3, -0.25) is 0 Å². The van der Waals surface area contributed by atoms with Gasteiger partial charge in [0.15, 0.2) is 0 Å². The van der Waals surface area contributed by atoms with E-state index in [9.17, 15) is 0 Å². The van der Waals surface area contributed by atoms with Gasteiger partial charge in [0.1, 0.15) is 0 Å². The largest absolute Gasteiger partial charge is 0.358 e. The maximum atomic E-state index is 4.33. The second-order valence-corrected chi connectivity index (χ2v) is 15.7. The normalized spacial score (nSPS) is 19.8. The van der Waals surface area contributed by atoms with Gasteiger partial charge in [0.25, 0.3) is 0 Å². The molecular formula is C56H46N2. The predicted molar refractivity (Wildman–Crippen MR) is 247 cm³/mol. The molecule has 0 spiro atoms. The van der Waals surface area contributed by atoms with Crippen LogP contribution in [0, 0.1) is 16.4 Å². The van der Waals surface area contributed by atoms with Crippen molar-refractivity contribution in [2.24, 2.45) is 5.92 Å². The number of rotatable bonds is 8. The van der Waals surface area contributed by atoms with Crippen LogP contribution < -0.4 is 20.2 Å². The van der Waals surface area contributed by atoms with Crippen LogP contribution in [0.3, 0.4) is 0 Å². The van der Waals surface area contributed by atoms with Gasteiger partial charge in [0.2, 0.25) is 0 Å². The summed E-state index contributed by atoms with van der Waals surface area (Å²) >= 11 is 0. The van der Waals surface area contributed by atoms with E-state index in [1.807, 2.05) is 0 Å². The number of nitrogens with zero attached hydrogens (tertiary/aromatic N) is 2. The van der Waals surface area contributed by atoms with Crippen LogP contribution in [-0.2, 0) is 6.42 Å². The number of hydrogen-bond donors (Lipinski definition) is 0. The van der Waals surface area contributed by atoms with Crippen molar-refractivity contribution in [1.29, 1.82) is 0 Å². The Morgan fingerprint density at radius 2 is 1.48 bits per heavy atom. The van der Waals surface area contributed by atoms with Crippen molar-refractivity contribution in [1.82, 2.24) is 0 Å². The van der Waals surface area contributed by atoms with E-state index < -0.39 is 0 Å². The molecule has 1 fully saturated rings. The molecule has 4 aliphatic rings. The molecular weight excluding hydrogens is 701 g/mol. The molecule has 58 heavy (non-hydrogen) atoms. The predicted octanol–water partition coefficient (Wildman–Crippen LogP) is 11.9. The topological polar surface area (TPSA) is 6.48 Å². The molecule has 0 N–H and O–H groups in total. The van der Waals surface area contributed by atoms with Crippen molar-refractivity contribution in [3.63, 3.8) is 0 Å². The van der Waals surface area contributed by atoms with Gasteiger partial charge in [-0.15, -0.1) is 0 Å². The summed E-state index contributed by atoms with van der Waals surface area (Å²) in [5, 5.41) is 7.27. The first kappa shape index (κ1) is 35.5. The summed E-state index contributed by atoms with van der Waals surface area (Å²) in [5.41, 5.74) is 9.84. The molecule has 2 atom stereocenters. The van der Waals surface area contributed by atoms with Crippen LogP contribution in [0.25, 0.3) is 35.1 Å².